The highest BCUT2D eigenvalue weighted by atomic mass is 16.2. The second kappa shape index (κ2) is 9.77. The Kier molecular flexibility index (Phi) is 7.69. The Balaban J connectivity index is 1.57. The van der Waals surface area contributed by atoms with E-state index in [9.17, 15) is 4.79 Å². The average molecular weight is 332 g/mol. The summed E-state index contributed by atoms with van der Waals surface area (Å²) in [7, 11) is 0. The molecule has 1 aliphatic heterocycles. The van der Waals surface area contributed by atoms with Gasteiger partial charge in [0.15, 0.2) is 0 Å². The lowest BCUT2D eigenvalue weighted by Gasteiger charge is -2.34. The number of amides is 1. The van der Waals surface area contributed by atoms with Crippen LogP contribution in [-0.4, -0.2) is 61.0 Å². The SMILES string of the molecule is CC(C)[C@H](N)C(=O)NCCCN1CCN(Cc2ccccc2)CC1. The summed E-state index contributed by atoms with van der Waals surface area (Å²) in [6, 6.07) is 10.3. The highest BCUT2D eigenvalue weighted by Crippen LogP contribution is 2.08. The number of hydrogen-bond donors (Lipinski definition) is 2. The molecule has 1 aromatic rings. The molecule has 0 bridgehead atoms. The molecule has 3 N–H and O–H groups in total. The van der Waals surface area contributed by atoms with Crippen molar-refractivity contribution < 1.29 is 4.79 Å². The Labute approximate surface area is 146 Å². The number of carbonyl (C=O) groups is 1. The van der Waals surface area contributed by atoms with Gasteiger partial charge in [-0.2, -0.15) is 0 Å². The molecular formula is C19H32N4O. The van der Waals surface area contributed by atoms with E-state index in [1.165, 1.54) is 5.56 Å². The molecule has 2 rings (SSSR count). The van der Waals surface area contributed by atoms with Gasteiger partial charge in [-0.05, 0) is 24.4 Å². The highest BCUT2D eigenvalue weighted by molar-refractivity contribution is 5.81. The van der Waals surface area contributed by atoms with Gasteiger partial charge in [0.2, 0.25) is 5.91 Å². The minimum Gasteiger partial charge on any atom is -0.355 e. The molecule has 1 amide bonds. The fraction of sp³-hybridized carbons (Fsp3) is 0.632. The molecule has 1 aliphatic rings. The number of nitrogens with one attached hydrogen (secondary N) is 1. The van der Waals surface area contributed by atoms with Gasteiger partial charge in [-0.1, -0.05) is 44.2 Å². The van der Waals surface area contributed by atoms with Crippen molar-refractivity contribution in [2.45, 2.75) is 32.9 Å². The van der Waals surface area contributed by atoms with E-state index in [4.69, 9.17) is 5.73 Å². The van der Waals surface area contributed by atoms with Crippen LogP contribution in [0.3, 0.4) is 0 Å². The molecule has 0 aliphatic carbocycles. The third kappa shape index (κ3) is 6.23. The molecule has 1 aromatic carbocycles. The first kappa shape index (κ1) is 18.9. The summed E-state index contributed by atoms with van der Waals surface area (Å²) in [6.07, 6.45) is 0.981. The van der Waals surface area contributed by atoms with Crippen molar-refractivity contribution in [1.82, 2.24) is 15.1 Å². The highest BCUT2D eigenvalue weighted by Gasteiger charge is 2.18. The Bertz CT molecular complexity index is 483. The molecule has 134 valence electrons. The largest absolute Gasteiger partial charge is 0.355 e. The molecule has 1 fully saturated rings. The van der Waals surface area contributed by atoms with Gasteiger partial charge < -0.3 is 16.0 Å². The van der Waals surface area contributed by atoms with Crippen LogP contribution < -0.4 is 11.1 Å². The van der Waals surface area contributed by atoms with Crippen molar-refractivity contribution in [3.63, 3.8) is 0 Å². The summed E-state index contributed by atoms with van der Waals surface area (Å²) in [5.74, 6) is 0.153. The summed E-state index contributed by atoms with van der Waals surface area (Å²) >= 11 is 0. The summed E-state index contributed by atoms with van der Waals surface area (Å²) in [5, 5.41) is 2.94. The maximum atomic E-state index is 11.8. The first-order valence-corrected chi connectivity index (χ1v) is 9.08. The van der Waals surface area contributed by atoms with Gasteiger partial charge in [-0.25, -0.2) is 0 Å². The van der Waals surface area contributed by atoms with Crippen LogP contribution in [0.4, 0.5) is 0 Å². The van der Waals surface area contributed by atoms with Crippen LogP contribution in [0.2, 0.25) is 0 Å². The Morgan fingerprint density at radius 2 is 1.75 bits per heavy atom. The molecular weight excluding hydrogens is 300 g/mol. The molecule has 0 radical (unpaired) electrons. The number of nitrogens with zero attached hydrogens (tertiary/aromatic N) is 2. The van der Waals surface area contributed by atoms with Gasteiger partial charge in [0.05, 0.1) is 6.04 Å². The third-order valence-electron chi connectivity index (χ3n) is 4.69. The molecule has 5 heteroatoms. The van der Waals surface area contributed by atoms with Crippen molar-refractivity contribution >= 4 is 5.91 Å². The number of hydrogen-bond acceptors (Lipinski definition) is 4. The summed E-state index contributed by atoms with van der Waals surface area (Å²) in [4.78, 5) is 16.8. The fourth-order valence-electron chi connectivity index (χ4n) is 2.95. The number of piperazine rings is 1. The van der Waals surface area contributed by atoms with E-state index in [1.54, 1.807) is 0 Å². The maximum absolute atomic E-state index is 11.8. The maximum Gasteiger partial charge on any atom is 0.237 e. The third-order valence-corrected chi connectivity index (χ3v) is 4.69. The average Bonchev–Trinajstić information content (AvgIpc) is 2.60. The first-order valence-electron chi connectivity index (χ1n) is 9.08. The van der Waals surface area contributed by atoms with E-state index in [-0.39, 0.29) is 11.8 Å². The molecule has 1 saturated heterocycles. The second-order valence-corrected chi connectivity index (χ2v) is 7.02. The van der Waals surface area contributed by atoms with Crippen LogP contribution in [0, 0.1) is 5.92 Å². The van der Waals surface area contributed by atoms with Crippen molar-refractivity contribution in [2.75, 3.05) is 39.3 Å². The van der Waals surface area contributed by atoms with Crippen LogP contribution in [-0.2, 0) is 11.3 Å². The number of carbonyl (C=O) groups excluding carboxylic acids is 1. The predicted octanol–water partition coefficient (Wildman–Crippen LogP) is 1.29. The van der Waals surface area contributed by atoms with Crippen molar-refractivity contribution in [1.29, 1.82) is 0 Å². The van der Waals surface area contributed by atoms with Gasteiger partial charge in [-0.15, -0.1) is 0 Å². The molecule has 0 aromatic heterocycles. The quantitative estimate of drug-likeness (QED) is 0.704. The number of rotatable bonds is 8. The minimum absolute atomic E-state index is 0.0299. The molecule has 24 heavy (non-hydrogen) atoms. The zero-order valence-electron chi connectivity index (χ0n) is 15.1. The Hall–Kier alpha value is -1.43. The van der Waals surface area contributed by atoms with Crippen LogP contribution in [0.25, 0.3) is 0 Å². The van der Waals surface area contributed by atoms with Gasteiger partial charge in [0.25, 0.3) is 0 Å². The number of nitrogens with two attached hydrogens (primary N) is 1. The zero-order valence-corrected chi connectivity index (χ0v) is 15.1. The normalized spacial score (nSPS) is 17.8. The Morgan fingerprint density at radius 3 is 2.38 bits per heavy atom. The summed E-state index contributed by atoms with van der Waals surface area (Å²) in [6.45, 7) is 11.2. The molecule has 1 atom stereocenters. The standard InChI is InChI=1S/C19H32N4O/c1-16(2)18(20)19(24)21-9-6-10-22-11-13-23(14-12-22)15-17-7-4-3-5-8-17/h3-5,7-8,16,18H,6,9-15,20H2,1-2H3,(H,21,24)/t18-/m0/s1. The van der Waals surface area contributed by atoms with Crippen molar-refractivity contribution in [3.8, 4) is 0 Å². The first-order chi connectivity index (χ1) is 11.6. The zero-order chi connectivity index (χ0) is 17.4. The lowest BCUT2D eigenvalue weighted by Crippen LogP contribution is -2.47. The lowest BCUT2D eigenvalue weighted by molar-refractivity contribution is -0.123. The lowest BCUT2D eigenvalue weighted by atomic mass is 10.1. The molecule has 0 saturated carbocycles. The number of benzene rings is 1. The fourth-order valence-corrected chi connectivity index (χ4v) is 2.95. The van der Waals surface area contributed by atoms with Crippen molar-refractivity contribution in [2.24, 2.45) is 11.7 Å². The predicted molar refractivity (Wildman–Crippen MR) is 98.6 cm³/mol. The van der Waals surface area contributed by atoms with E-state index >= 15 is 0 Å². The molecule has 0 unspecified atom stereocenters. The monoisotopic (exact) mass is 332 g/mol. The van der Waals surface area contributed by atoms with E-state index < -0.39 is 6.04 Å². The molecule has 0 spiro atoms. The van der Waals surface area contributed by atoms with Gasteiger partial charge in [0, 0.05) is 39.3 Å². The minimum atomic E-state index is -0.397. The Morgan fingerprint density at radius 1 is 1.12 bits per heavy atom. The van der Waals surface area contributed by atoms with Crippen LogP contribution in [0.5, 0.6) is 0 Å². The second-order valence-electron chi connectivity index (χ2n) is 7.02. The van der Waals surface area contributed by atoms with Gasteiger partial charge >= 0.3 is 0 Å². The summed E-state index contributed by atoms with van der Waals surface area (Å²) in [5.41, 5.74) is 7.22. The van der Waals surface area contributed by atoms with Crippen molar-refractivity contribution in [3.05, 3.63) is 35.9 Å². The summed E-state index contributed by atoms with van der Waals surface area (Å²) < 4.78 is 0. The van der Waals surface area contributed by atoms with Gasteiger partial charge in [0.1, 0.15) is 0 Å². The molecule has 1 heterocycles. The smallest absolute Gasteiger partial charge is 0.237 e. The van der Waals surface area contributed by atoms with E-state index in [2.05, 4.69) is 45.4 Å². The van der Waals surface area contributed by atoms with Crippen LogP contribution in [0.1, 0.15) is 25.8 Å². The van der Waals surface area contributed by atoms with E-state index in [0.29, 0.717) is 6.54 Å². The van der Waals surface area contributed by atoms with Crippen LogP contribution in [0.15, 0.2) is 30.3 Å². The van der Waals surface area contributed by atoms with Gasteiger partial charge in [-0.3, -0.25) is 9.69 Å². The van der Waals surface area contributed by atoms with E-state index in [0.717, 1.165) is 45.7 Å². The molecule has 5 nitrogen and oxygen atoms in total. The topological polar surface area (TPSA) is 61.6 Å². The van der Waals surface area contributed by atoms with E-state index in [1.807, 2.05) is 13.8 Å². The van der Waals surface area contributed by atoms with Crippen LogP contribution >= 0.6 is 0 Å².